The molecule has 1 aromatic carbocycles. The highest BCUT2D eigenvalue weighted by atomic mass is 79.9. The highest BCUT2D eigenvalue weighted by molar-refractivity contribution is 9.24. The molecule has 0 aromatic heterocycles. The number of aryl methyl sites for hydroxylation is 1. The SMILES string of the molecule is BrC(Br)CCCCCc1ccccc1. The zero-order chi connectivity index (χ0) is 10.2. The van der Waals surface area contributed by atoms with Gasteiger partial charge in [0.1, 0.15) is 0 Å². The van der Waals surface area contributed by atoms with Crippen LogP contribution in [-0.2, 0) is 6.42 Å². The maximum absolute atomic E-state index is 3.49. The second-order valence-electron chi connectivity index (χ2n) is 3.48. The van der Waals surface area contributed by atoms with Gasteiger partial charge in [0.15, 0.2) is 0 Å². The van der Waals surface area contributed by atoms with Gasteiger partial charge in [0.25, 0.3) is 0 Å². The molecule has 0 N–H and O–H groups in total. The fourth-order valence-corrected chi connectivity index (χ4v) is 2.10. The standard InChI is InChI=1S/C12H16Br2/c13-12(14)10-6-2-5-9-11-7-3-1-4-8-11/h1,3-4,7-8,12H,2,5-6,9-10H2. The summed E-state index contributed by atoms with van der Waals surface area (Å²) in [5.74, 6) is 0. The van der Waals surface area contributed by atoms with Gasteiger partial charge in [-0.3, -0.25) is 0 Å². The smallest absolute Gasteiger partial charge is 0.0697 e. The number of rotatable bonds is 6. The quantitative estimate of drug-likeness (QED) is 0.516. The van der Waals surface area contributed by atoms with Gasteiger partial charge in [-0.1, -0.05) is 75.0 Å². The monoisotopic (exact) mass is 318 g/mol. The summed E-state index contributed by atoms with van der Waals surface area (Å²) in [5, 5.41) is 0. The lowest BCUT2D eigenvalue weighted by Gasteiger charge is -2.02. The van der Waals surface area contributed by atoms with Crippen LogP contribution in [-0.4, -0.2) is 3.74 Å². The average Bonchev–Trinajstić information content (AvgIpc) is 2.18. The van der Waals surface area contributed by atoms with Gasteiger partial charge in [-0.05, 0) is 24.8 Å². The molecule has 1 aromatic rings. The largest absolute Gasteiger partial charge is 0.0765 e. The molecule has 0 aliphatic carbocycles. The van der Waals surface area contributed by atoms with Crippen molar-refractivity contribution < 1.29 is 0 Å². The summed E-state index contributed by atoms with van der Waals surface area (Å²) in [4.78, 5) is 0. The summed E-state index contributed by atoms with van der Waals surface area (Å²) >= 11 is 6.98. The molecule has 0 bridgehead atoms. The van der Waals surface area contributed by atoms with Crippen LogP contribution in [0.1, 0.15) is 31.2 Å². The van der Waals surface area contributed by atoms with Gasteiger partial charge in [0, 0.05) is 0 Å². The minimum atomic E-state index is 0.492. The summed E-state index contributed by atoms with van der Waals surface area (Å²) in [5.41, 5.74) is 1.46. The molecular formula is C12H16Br2. The molecule has 0 saturated heterocycles. The lowest BCUT2D eigenvalue weighted by Crippen LogP contribution is -1.88. The van der Waals surface area contributed by atoms with Crippen LogP contribution in [0.4, 0.5) is 0 Å². The fraction of sp³-hybridized carbons (Fsp3) is 0.500. The third kappa shape index (κ3) is 5.82. The zero-order valence-electron chi connectivity index (χ0n) is 8.26. The van der Waals surface area contributed by atoms with Crippen molar-refractivity contribution in [3.05, 3.63) is 35.9 Å². The van der Waals surface area contributed by atoms with Gasteiger partial charge in [0.05, 0.1) is 3.74 Å². The van der Waals surface area contributed by atoms with Crippen LogP contribution in [0.15, 0.2) is 30.3 Å². The van der Waals surface area contributed by atoms with E-state index in [1.807, 2.05) is 0 Å². The van der Waals surface area contributed by atoms with E-state index < -0.39 is 0 Å². The van der Waals surface area contributed by atoms with Crippen LogP contribution in [0.25, 0.3) is 0 Å². The van der Waals surface area contributed by atoms with Crippen molar-refractivity contribution >= 4 is 31.9 Å². The highest BCUT2D eigenvalue weighted by Crippen LogP contribution is 2.17. The Balaban J connectivity index is 2.05. The van der Waals surface area contributed by atoms with Crippen molar-refractivity contribution in [1.82, 2.24) is 0 Å². The Hall–Kier alpha value is 0.180. The molecule has 14 heavy (non-hydrogen) atoms. The summed E-state index contributed by atoms with van der Waals surface area (Å²) in [6.07, 6.45) is 6.36. The number of unbranched alkanes of at least 4 members (excludes halogenated alkanes) is 2. The first-order valence-corrected chi connectivity index (χ1v) is 6.94. The molecule has 0 radical (unpaired) electrons. The molecule has 2 heteroatoms. The normalized spacial score (nSPS) is 10.8. The predicted octanol–water partition coefficient (Wildman–Crippen LogP) is 4.91. The van der Waals surface area contributed by atoms with Crippen molar-refractivity contribution in [2.45, 2.75) is 35.8 Å². The third-order valence-corrected chi connectivity index (χ3v) is 3.15. The number of benzene rings is 1. The molecule has 0 heterocycles. The first-order chi connectivity index (χ1) is 6.79. The lowest BCUT2D eigenvalue weighted by atomic mass is 10.1. The van der Waals surface area contributed by atoms with Gasteiger partial charge in [-0.15, -0.1) is 0 Å². The molecule has 0 spiro atoms. The minimum absolute atomic E-state index is 0.492. The Bertz CT molecular complexity index is 231. The predicted molar refractivity (Wildman–Crippen MR) is 70.3 cm³/mol. The summed E-state index contributed by atoms with van der Waals surface area (Å²) < 4.78 is 0.492. The summed E-state index contributed by atoms with van der Waals surface area (Å²) in [6.45, 7) is 0. The number of hydrogen-bond acceptors (Lipinski definition) is 0. The Labute approximate surface area is 103 Å². The van der Waals surface area contributed by atoms with Gasteiger partial charge >= 0.3 is 0 Å². The summed E-state index contributed by atoms with van der Waals surface area (Å²) in [7, 11) is 0. The van der Waals surface area contributed by atoms with E-state index >= 15 is 0 Å². The molecule has 0 atom stereocenters. The van der Waals surface area contributed by atoms with Crippen molar-refractivity contribution in [2.24, 2.45) is 0 Å². The second-order valence-corrected chi connectivity index (χ2v) is 6.92. The molecule has 0 unspecified atom stereocenters. The van der Waals surface area contributed by atoms with Gasteiger partial charge in [-0.2, -0.15) is 0 Å². The molecule has 0 aliphatic rings. The molecular weight excluding hydrogens is 304 g/mol. The van der Waals surface area contributed by atoms with Crippen molar-refractivity contribution in [3.8, 4) is 0 Å². The zero-order valence-corrected chi connectivity index (χ0v) is 11.4. The van der Waals surface area contributed by atoms with E-state index in [0.29, 0.717) is 3.74 Å². The van der Waals surface area contributed by atoms with Crippen molar-refractivity contribution in [1.29, 1.82) is 0 Å². The number of alkyl halides is 2. The maximum atomic E-state index is 3.49. The molecule has 0 saturated carbocycles. The van der Waals surface area contributed by atoms with E-state index in [4.69, 9.17) is 0 Å². The highest BCUT2D eigenvalue weighted by Gasteiger charge is 1.97. The molecule has 0 aliphatic heterocycles. The van der Waals surface area contributed by atoms with Crippen LogP contribution in [0.3, 0.4) is 0 Å². The van der Waals surface area contributed by atoms with Crippen LogP contribution in [0.5, 0.6) is 0 Å². The van der Waals surface area contributed by atoms with E-state index in [0.717, 1.165) is 0 Å². The molecule has 0 fully saturated rings. The Morgan fingerprint density at radius 3 is 2.29 bits per heavy atom. The molecule has 1 rings (SSSR count). The van der Waals surface area contributed by atoms with Crippen molar-refractivity contribution in [2.75, 3.05) is 0 Å². The topological polar surface area (TPSA) is 0 Å². The van der Waals surface area contributed by atoms with E-state index in [-0.39, 0.29) is 0 Å². The Kier molecular flexibility index (Phi) is 6.54. The third-order valence-electron chi connectivity index (χ3n) is 2.23. The second kappa shape index (κ2) is 7.47. The maximum Gasteiger partial charge on any atom is 0.0697 e. The van der Waals surface area contributed by atoms with Gasteiger partial charge < -0.3 is 0 Å². The number of halogens is 2. The lowest BCUT2D eigenvalue weighted by molar-refractivity contribution is 0.666. The van der Waals surface area contributed by atoms with Gasteiger partial charge in [-0.25, -0.2) is 0 Å². The van der Waals surface area contributed by atoms with E-state index in [1.165, 1.54) is 37.7 Å². The Morgan fingerprint density at radius 1 is 0.929 bits per heavy atom. The first kappa shape index (κ1) is 12.3. The first-order valence-electron chi connectivity index (χ1n) is 5.11. The molecule has 0 amide bonds. The fourth-order valence-electron chi connectivity index (χ4n) is 1.45. The van der Waals surface area contributed by atoms with E-state index in [2.05, 4.69) is 62.2 Å². The molecule has 0 nitrogen and oxygen atoms in total. The molecule has 78 valence electrons. The van der Waals surface area contributed by atoms with Crippen molar-refractivity contribution in [3.63, 3.8) is 0 Å². The van der Waals surface area contributed by atoms with Crippen LogP contribution >= 0.6 is 31.9 Å². The van der Waals surface area contributed by atoms with Gasteiger partial charge in [0.2, 0.25) is 0 Å². The van der Waals surface area contributed by atoms with Crippen LogP contribution in [0.2, 0.25) is 0 Å². The van der Waals surface area contributed by atoms with E-state index in [9.17, 15) is 0 Å². The van der Waals surface area contributed by atoms with Crippen LogP contribution < -0.4 is 0 Å². The number of hydrogen-bond donors (Lipinski definition) is 0. The Morgan fingerprint density at radius 2 is 1.64 bits per heavy atom. The van der Waals surface area contributed by atoms with E-state index in [1.54, 1.807) is 0 Å². The van der Waals surface area contributed by atoms with Crippen LogP contribution in [0, 0.1) is 0 Å². The minimum Gasteiger partial charge on any atom is -0.0765 e. The summed E-state index contributed by atoms with van der Waals surface area (Å²) in [6, 6.07) is 10.7. The average molecular weight is 320 g/mol.